The summed E-state index contributed by atoms with van der Waals surface area (Å²) in [5, 5.41) is 19.4. The summed E-state index contributed by atoms with van der Waals surface area (Å²) in [5.74, 6) is -0.330. The summed E-state index contributed by atoms with van der Waals surface area (Å²) in [7, 11) is 0. The summed E-state index contributed by atoms with van der Waals surface area (Å²) >= 11 is 0. The largest absolute Gasteiger partial charge is 0.485 e. The van der Waals surface area contributed by atoms with Crippen molar-refractivity contribution in [1.82, 2.24) is 0 Å². The lowest BCUT2D eigenvalue weighted by Crippen LogP contribution is -2.22. The zero-order chi connectivity index (χ0) is 15.1. The Balaban J connectivity index is 2.95. The van der Waals surface area contributed by atoms with Crippen molar-refractivity contribution in [2.24, 2.45) is 10.8 Å². The molecule has 0 unspecified atom stereocenters. The number of amidine groups is 1. The molecule has 0 saturated heterocycles. The molecule has 1 aromatic carbocycles. The molecule has 8 heteroatoms. The van der Waals surface area contributed by atoms with Crippen molar-refractivity contribution in [3.63, 3.8) is 0 Å². The molecule has 0 aliphatic rings. The summed E-state index contributed by atoms with van der Waals surface area (Å²) in [6, 6.07) is 6.44. The maximum absolute atomic E-state index is 12.1. The SMILES string of the molecule is Cc1ccc(OCC(F)F)c(N/N=C(\C#N)C(=N)N)c1. The third-order valence-electron chi connectivity index (χ3n) is 2.15. The van der Waals surface area contributed by atoms with Crippen molar-refractivity contribution in [3.05, 3.63) is 23.8 Å². The first-order valence-corrected chi connectivity index (χ1v) is 5.54. The monoisotopic (exact) mass is 281 g/mol. The molecule has 0 aromatic heterocycles. The Hall–Kier alpha value is -2.69. The molecule has 0 fully saturated rings. The summed E-state index contributed by atoms with van der Waals surface area (Å²) < 4.78 is 29.2. The van der Waals surface area contributed by atoms with Gasteiger partial charge >= 0.3 is 0 Å². The maximum Gasteiger partial charge on any atom is 0.272 e. The Bertz CT molecular complexity index is 565. The van der Waals surface area contributed by atoms with E-state index in [4.69, 9.17) is 21.1 Å². The number of rotatable bonds is 6. The maximum atomic E-state index is 12.1. The molecule has 0 amide bonds. The number of aryl methyl sites for hydroxylation is 1. The second kappa shape index (κ2) is 7.04. The van der Waals surface area contributed by atoms with Crippen LogP contribution in [0.25, 0.3) is 0 Å². The van der Waals surface area contributed by atoms with E-state index in [0.717, 1.165) is 5.56 Å². The van der Waals surface area contributed by atoms with E-state index in [1.807, 2.05) is 0 Å². The number of halogens is 2. The highest BCUT2D eigenvalue weighted by Gasteiger charge is 2.09. The Kier molecular flexibility index (Phi) is 5.41. The summed E-state index contributed by atoms with van der Waals surface area (Å²) in [4.78, 5) is 0. The van der Waals surface area contributed by atoms with Gasteiger partial charge in [0.15, 0.2) is 5.84 Å². The average molecular weight is 281 g/mol. The predicted molar refractivity (Wildman–Crippen MR) is 71.3 cm³/mol. The molecule has 1 rings (SSSR count). The number of nitrogens with one attached hydrogen (secondary N) is 2. The van der Waals surface area contributed by atoms with E-state index < -0.39 is 18.9 Å². The van der Waals surface area contributed by atoms with Gasteiger partial charge < -0.3 is 10.5 Å². The highest BCUT2D eigenvalue weighted by atomic mass is 19.3. The lowest BCUT2D eigenvalue weighted by Gasteiger charge is -2.11. The molecule has 6 nitrogen and oxygen atoms in total. The van der Waals surface area contributed by atoms with Crippen LogP contribution in [0.15, 0.2) is 23.3 Å². The standard InChI is InChI=1S/C12H13F2N5O/c1-7-2-3-10(20-6-11(13)14)8(4-7)18-19-9(5-15)12(16)17/h2-4,11,18H,6H2,1H3,(H3,16,17)/b19-9+. The number of nitrogens with two attached hydrogens (primary N) is 1. The highest BCUT2D eigenvalue weighted by molar-refractivity contribution is 6.45. The van der Waals surface area contributed by atoms with E-state index in [2.05, 4.69) is 10.5 Å². The molecule has 0 saturated carbocycles. The predicted octanol–water partition coefficient (Wildman–Crippen LogP) is 1.87. The topological polar surface area (TPSA) is 107 Å². The zero-order valence-corrected chi connectivity index (χ0v) is 10.7. The van der Waals surface area contributed by atoms with Crippen molar-refractivity contribution >= 4 is 17.2 Å². The minimum absolute atomic E-state index is 0.167. The van der Waals surface area contributed by atoms with E-state index in [1.54, 1.807) is 25.1 Å². The number of benzene rings is 1. The molecule has 0 aliphatic heterocycles. The Labute approximate surface area is 114 Å². The lowest BCUT2D eigenvalue weighted by molar-refractivity contribution is 0.0822. The molecular formula is C12H13F2N5O. The molecule has 0 atom stereocenters. The minimum Gasteiger partial charge on any atom is -0.485 e. The van der Waals surface area contributed by atoms with Gasteiger partial charge in [-0.2, -0.15) is 10.4 Å². The van der Waals surface area contributed by atoms with Gasteiger partial charge in [0.25, 0.3) is 6.43 Å². The van der Waals surface area contributed by atoms with E-state index in [0.29, 0.717) is 5.69 Å². The lowest BCUT2D eigenvalue weighted by atomic mass is 10.2. The number of hydrogen-bond donors (Lipinski definition) is 3. The Morgan fingerprint density at radius 3 is 2.85 bits per heavy atom. The second-order valence-corrected chi connectivity index (χ2v) is 3.80. The first-order chi connectivity index (χ1) is 9.43. The number of alkyl halides is 2. The van der Waals surface area contributed by atoms with Crippen molar-refractivity contribution in [2.75, 3.05) is 12.0 Å². The number of anilines is 1. The van der Waals surface area contributed by atoms with Crippen LogP contribution in [0, 0.1) is 23.7 Å². The van der Waals surface area contributed by atoms with Crippen molar-refractivity contribution in [1.29, 1.82) is 10.7 Å². The number of nitrogens with zero attached hydrogens (tertiary/aromatic N) is 2. The van der Waals surface area contributed by atoms with Crippen LogP contribution in [0.4, 0.5) is 14.5 Å². The van der Waals surface area contributed by atoms with Crippen LogP contribution in [0.1, 0.15) is 5.56 Å². The van der Waals surface area contributed by atoms with Gasteiger partial charge in [-0.15, -0.1) is 0 Å². The molecule has 20 heavy (non-hydrogen) atoms. The first kappa shape index (κ1) is 15.4. The van der Waals surface area contributed by atoms with Crippen molar-refractivity contribution in [3.8, 4) is 11.8 Å². The van der Waals surface area contributed by atoms with E-state index >= 15 is 0 Å². The van der Waals surface area contributed by atoms with Gasteiger partial charge in [0.1, 0.15) is 18.4 Å². The molecule has 106 valence electrons. The summed E-state index contributed by atoms with van der Waals surface area (Å²) in [6.07, 6.45) is -2.60. The van der Waals surface area contributed by atoms with Gasteiger partial charge in [-0.3, -0.25) is 10.8 Å². The second-order valence-electron chi connectivity index (χ2n) is 3.80. The van der Waals surface area contributed by atoms with Gasteiger partial charge in [-0.25, -0.2) is 8.78 Å². The van der Waals surface area contributed by atoms with E-state index in [1.165, 1.54) is 6.07 Å². The fourth-order valence-corrected chi connectivity index (χ4v) is 1.27. The number of nitriles is 1. The smallest absolute Gasteiger partial charge is 0.272 e. The van der Waals surface area contributed by atoms with Crippen molar-refractivity contribution < 1.29 is 13.5 Å². The van der Waals surface area contributed by atoms with Crippen LogP contribution in [-0.4, -0.2) is 24.6 Å². The van der Waals surface area contributed by atoms with Crippen LogP contribution in [0.3, 0.4) is 0 Å². The number of hydrogen-bond acceptors (Lipinski definition) is 5. The van der Waals surface area contributed by atoms with Gasteiger partial charge in [0.2, 0.25) is 5.71 Å². The fraction of sp³-hybridized carbons (Fsp3) is 0.250. The fourth-order valence-electron chi connectivity index (χ4n) is 1.27. The summed E-state index contributed by atoms with van der Waals surface area (Å²) in [6.45, 7) is 1.04. The van der Waals surface area contributed by atoms with Crippen LogP contribution >= 0.6 is 0 Å². The van der Waals surface area contributed by atoms with E-state index in [-0.39, 0.29) is 11.5 Å². The van der Waals surface area contributed by atoms with Gasteiger partial charge in [0.05, 0.1) is 5.69 Å². The molecule has 0 bridgehead atoms. The number of hydrazone groups is 1. The van der Waals surface area contributed by atoms with Gasteiger partial charge in [0, 0.05) is 0 Å². The third-order valence-corrected chi connectivity index (χ3v) is 2.15. The van der Waals surface area contributed by atoms with Crippen LogP contribution in [0.5, 0.6) is 5.75 Å². The molecule has 4 N–H and O–H groups in total. The molecule has 0 aliphatic carbocycles. The van der Waals surface area contributed by atoms with Crippen LogP contribution in [0.2, 0.25) is 0 Å². The molecule has 1 aromatic rings. The average Bonchev–Trinajstić information content (AvgIpc) is 2.37. The Morgan fingerprint density at radius 1 is 1.60 bits per heavy atom. The quantitative estimate of drug-likeness (QED) is 0.420. The Morgan fingerprint density at radius 2 is 2.30 bits per heavy atom. The molecule has 0 heterocycles. The minimum atomic E-state index is -2.60. The first-order valence-electron chi connectivity index (χ1n) is 5.54. The van der Waals surface area contributed by atoms with Crippen LogP contribution < -0.4 is 15.9 Å². The molecular weight excluding hydrogens is 268 g/mol. The van der Waals surface area contributed by atoms with Gasteiger partial charge in [-0.1, -0.05) is 6.07 Å². The third kappa shape index (κ3) is 4.53. The normalized spacial score (nSPS) is 11.1. The van der Waals surface area contributed by atoms with Crippen molar-refractivity contribution in [2.45, 2.75) is 13.3 Å². The number of ether oxygens (including phenoxy) is 1. The van der Waals surface area contributed by atoms with Gasteiger partial charge in [-0.05, 0) is 24.6 Å². The highest BCUT2D eigenvalue weighted by Crippen LogP contribution is 2.26. The molecule has 0 radical (unpaired) electrons. The summed E-state index contributed by atoms with van der Waals surface area (Å²) in [5.41, 5.74) is 8.45. The van der Waals surface area contributed by atoms with Crippen LogP contribution in [-0.2, 0) is 0 Å². The zero-order valence-electron chi connectivity index (χ0n) is 10.7. The van der Waals surface area contributed by atoms with E-state index in [9.17, 15) is 8.78 Å². The molecule has 0 spiro atoms.